The summed E-state index contributed by atoms with van der Waals surface area (Å²) < 4.78 is 46.6. The molecule has 0 saturated carbocycles. The van der Waals surface area contributed by atoms with Crippen molar-refractivity contribution >= 4 is 32.3 Å². The number of sulfone groups is 1. The minimum absolute atomic E-state index is 0.0642. The number of benzene rings is 3. The van der Waals surface area contributed by atoms with Gasteiger partial charge < -0.3 is 14.6 Å². The van der Waals surface area contributed by atoms with Gasteiger partial charge in [0.25, 0.3) is 0 Å². The Labute approximate surface area is 195 Å². The number of hydrogen-bond acceptors (Lipinski definition) is 5. The highest BCUT2D eigenvalue weighted by atomic mass is 32.2. The molecule has 0 aliphatic rings. The molecule has 34 heavy (non-hydrogen) atoms. The van der Waals surface area contributed by atoms with Gasteiger partial charge >= 0.3 is 0 Å². The van der Waals surface area contributed by atoms with Crippen LogP contribution in [0.5, 0.6) is 5.75 Å². The quantitative estimate of drug-likeness (QED) is 0.431. The van der Waals surface area contributed by atoms with Crippen molar-refractivity contribution in [2.75, 3.05) is 11.9 Å². The lowest BCUT2D eigenvalue weighted by Gasteiger charge is -2.14. The van der Waals surface area contributed by atoms with Gasteiger partial charge in [-0.1, -0.05) is 12.1 Å². The van der Waals surface area contributed by atoms with E-state index >= 15 is 0 Å². The van der Waals surface area contributed by atoms with E-state index in [-0.39, 0.29) is 16.8 Å². The van der Waals surface area contributed by atoms with E-state index < -0.39 is 31.9 Å². The standard InChI is InChI=1S/C25H21FN2O5S/c1-2-33-19-11-13-20(14-12-19)34(31,32)23-15-28(22-6-4-3-5-21(22)25(23)30)16-24(29)27-18-9-7-17(26)8-10-18/h3-15H,2,16H2,1H3,(H,27,29). The Balaban J connectivity index is 1.75. The third-order valence-corrected chi connectivity index (χ3v) is 6.89. The van der Waals surface area contributed by atoms with Crippen LogP contribution in [0.3, 0.4) is 0 Å². The van der Waals surface area contributed by atoms with Crippen LogP contribution in [-0.4, -0.2) is 25.5 Å². The smallest absolute Gasteiger partial charge is 0.244 e. The van der Waals surface area contributed by atoms with Gasteiger partial charge in [0.05, 0.1) is 17.0 Å². The van der Waals surface area contributed by atoms with E-state index in [1.807, 2.05) is 6.92 Å². The van der Waals surface area contributed by atoms with Crippen molar-refractivity contribution in [3.8, 4) is 5.75 Å². The second-order valence-corrected chi connectivity index (χ2v) is 9.35. The van der Waals surface area contributed by atoms with Crippen molar-refractivity contribution in [1.29, 1.82) is 0 Å². The van der Waals surface area contributed by atoms with E-state index in [1.165, 1.54) is 65.4 Å². The van der Waals surface area contributed by atoms with Gasteiger partial charge in [-0.15, -0.1) is 0 Å². The van der Waals surface area contributed by atoms with Crippen molar-refractivity contribution in [2.45, 2.75) is 23.3 Å². The molecule has 0 aliphatic heterocycles. The number of halogens is 1. The monoisotopic (exact) mass is 480 g/mol. The highest BCUT2D eigenvalue weighted by Gasteiger charge is 2.24. The summed E-state index contributed by atoms with van der Waals surface area (Å²) >= 11 is 0. The third kappa shape index (κ3) is 4.69. The van der Waals surface area contributed by atoms with Crippen LogP contribution in [0.4, 0.5) is 10.1 Å². The van der Waals surface area contributed by atoms with E-state index in [2.05, 4.69) is 5.32 Å². The number of nitrogens with one attached hydrogen (secondary N) is 1. The summed E-state index contributed by atoms with van der Waals surface area (Å²) in [5.74, 6) is -0.395. The van der Waals surface area contributed by atoms with E-state index in [0.717, 1.165) is 0 Å². The zero-order chi connectivity index (χ0) is 24.3. The molecule has 174 valence electrons. The number of ether oxygens (including phenoxy) is 1. The summed E-state index contributed by atoms with van der Waals surface area (Å²) in [6.07, 6.45) is 1.18. The van der Waals surface area contributed by atoms with Crippen LogP contribution in [0.15, 0.2) is 93.6 Å². The fourth-order valence-corrected chi connectivity index (χ4v) is 4.91. The number of pyridine rings is 1. The fourth-order valence-electron chi connectivity index (χ4n) is 3.54. The molecule has 4 rings (SSSR count). The Hall–Kier alpha value is -3.98. The molecule has 4 aromatic rings. The van der Waals surface area contributed by atoms with Crippen LogP contribution in [0, 0.1) is 5.82 Å². The van der Waals surface area contributed by atoms with Gasteiger partial charge in [-0.2, -0.15) is 0 Å². The number of carbonyl (C=O) groups is 1. The molecule has 0 atom stereocenters. The summed E-state index contributed by atoms with van der Waals surface area (Å²) in [5.41, 5.74) is 0.145. The molecule has 0 bridgehead atoms. The number of aromatic nitrogens is 1. The second kappa shape index (κ2) is 9.48. The largest absolute Gasteiger partial charge is 0.494 e. The molecular weight excluding hydrogens is 459 g/mol. The maximum Gasteiger partial charge on any atom is 0.244 e. The number of amides is 1. The molecule has 0 unspecified atom stereocenters. The minimum Gasteiger partial charge on any atom is -0.494 e. The predicted molar refractivity (Wildman–Crippen MR) is 126 cm³/mol. The Kier molecular flexibility index (Phi) is 6.47. The number of carbonyl (C=O) groups excluding carboxylic acids is 1. The lowest BCUT2D eigenvalue weighted by molar-refractivity contribution is -0.116. The van der Waals surface area contributed by atoms with E-state index in [9.17, 15) is 22.4 Å². The molecule has 1 aromatic heterocycles. The Bertz CT molecular complexity index is 1510. The van der Waals surface area contributed by atoms with Gasteiger partial charge in [0.1, 0.15) is 23.0 Å². The van der Waals surface area contributed by atoms with Crippen molar-refractivity contribution in [2.24, 2.45) is 0 Å². The SMILES string of the molecule is CCOc1ccc(S(=O)(=O)c2cn(CC(=O)Nc3ccc(F)cc3)c3ccccc3c2=O)cc1. The van der Waals surface area contributed by atoms with Crippen molar-refractivity contribution in [3.05, 3.63) is 95.0 Å². The Morgan fingerprint density at radius 2 is 1.68 bits per heavy atom. The minimum atomic E-state index is -4.18. The molecule has 0 fully saturated rings. The van der Waals surface area contributed by atoms with E-state index in [1.54, 1.807) is 18.2 Å². The van der Waals surface area contributed by atoms with E-state index in [4.69, 9.17) is 4.74 Å². The maximum atomic E-state index is 13.3. The summed E-state index contributed by atoms with van der Waals surface area (Å²) in [5, 5.41) is 2.81. The van der Waals surface area contributed by atoms with Gasteiger partial charge in [0.2, 0.25) is 21.2 Å². The average Bonchev–Trinajstić information content (AvgIpc) is 2.83. The first kappa shape index (κ1) is 23.2. The number of rotatable bonds is 7. The maximum absolute atomic E-state index is 13.3. The van der Waals surface area contributed by atoms with Crippen LogP contribution >= 0.6 is 0 Å². The molecule has 9 heteroatoms. The third-order valence-electron chi connectivity index (χ3n) is 5.13. The topological polar surface area (TPSA) is 94.5 Å². The molecule has 0 aliphatic carbocycles. The van der Waals surface area contributed by atoms with Gasteiger partial charge in [-0.3, -0.25) is 9.59 Å². The zero-order valence-electron chi connectivity index (χ0n) is 18.2. The Morgan fingerprint density at radius 1 is 1.00 bits per heavy atom. The van der Waals surface area contributed by atoms with Crippen LogP contribution in [0.2, 0.25) is 0 Å². The molecule has 1 heterocycles. The van der Waals surface area contributed by atoms with Crippen molar-refractivity contribution in [1.82, 2.24) is 4.57 Å². The number of para-hydroxylation sites is 1. The van der Waals surface area contributed by atoms with E-state index in [0.29, 0.717) is 23.6 Å². The molecule has 1 amide bonds. The number of hydrogen-bond donors (Lipinski definition) is 1. The van der Waals surface area contributed by atoms with Crippen LogP contribution < -0.4 is 15.5 Å². The molecule has 0 radical (unpaired) electrons. The predicted octanol–water partition coefficient (Wildman–Crippen LogP) is 4.01. The summed E-state index contributed by atoms with van der Waals surface area (Å²) in [6, 6.07) is 17.5. The molecule has 7 nitrogen and oxygen atoms in total. The molecule has 1 N–H and O–H groups in total. The number of anilines is 1. The van der Waals surface area contributed by atoms with Crippen molar-refractivity contribution < 1.29 is 22.3 Å². The molecule has 3 aromatic carbocycles. The summed E-state index contributed by atoms with van der Waals surface area (Å²) in [7, 11) is -4.18. The van der Waals surface area contributed by atoms with Crippen LogP contribution in [0.1, 0.15) is 6.92 Å². The lowest BCUT2D eigenvalue weighted by Crippen LogP contribution is -2.23. The summed E-state index contributed by atoms with van der Waals surface area (Å²) in [4.78, 5) is 25.3. The first-order chi connectivity index (χ1) is 16.3. The average molecular weight is 481 g/mol. The summed E-state index contributed by atoms with van der Waals surface area (Å²) in [6.45, 7) is 1.99. The van der Waals surface area contributed by atoms with Gasteiger partial charge in [-0.05, 0) is 67.6 Å². The molecule has 0 saturated heterocycles. The highest BCUT2D eigenvalue weighted by molar-refractivity contribution is 7.91. The van der Waals surface area contributed by atoms with Crippen LogP contribution in [-0.2, 0) is 21.2 Å². The van der Waals surface area contributed by atoms with Gasteiger partial charge in [-0.25, -0.2) is 12.8 Å². The van der Waals surface area contributed by atoms with Crippen molar-refractivity contribution in [3.63, 3.8) is 0 Å². The fraction of sp³-hybridized carbons (Fsp3) is 0.120. The Morgan fingerprint density at radius 3 is 2.35 bits per heavy atom. The molecular formula is C25H21FN2O5S. The van der Waals surface area contributed by atoms with Gasteiger partial charge in [0, 0.05) is 17.3 Å². The lowest BCUT2D eigenvalue weighted by atomic mass is 10.2. The second-order valence-electron chi connectivity index (χ2n) is 7.43. The normalized spacial score (nSPS) is 11.4. The zero-order valence-corrected chi connectivity index (χ0v) is 19.0. The first-order valence-corrected chi connectivity index (χ1v) is 11.9. The molecule has 0 spiro atoms. The van der Waals surface area contributed by atoms with Gasteiger partial charge in [0.15, 0.2) is 0 Å². The highest BCUT2D eigenvalue weighted by Crippen LogP contribution is 2.23. The van der Waals surface area contributed by atoms with Crippen LogP contribution in [0.25, 0.3) is 10.9 Å². The number of fused-ring (bicyclic) bond motifs is 1. The number of nitrogens with zero attached hydrogens (tertiary/aromatic N) is 1. The first-order valence-electron chi connectivity index (χ1n) is 10.4.